The number of carbonyl (C=O) groups is 1. The van der Waals surface area contributed by atoms with Crippen molar-refractivity contribution in [1.82, 2.24) is 0 Å². The van der Waals surface area contributed by atoms with E-state index in [1.165, 1.54) is 6.07 Å². The molecule has 1 aliphatic heterocycles. The molecule has 25 heavy (non-hydrogen) atoms. The van der Waals surface area contributed by atoms with Crippen LogP contribution in [0, 0.1) is 5.82 Å². The summed E-state index contributed by atoms with van der Waals surface area (Å²) in [7, 11) is 0. The third-order valence-electron chi connectivity index (χ3n) is 5.59. The Morgan fingerprint density at radius 2 is 1.88 bits per heavy atom. The Morgan fingerprint density at radius 3 is 2.60 bits per heavy atom. The predicted octanol–water partition coefficient (Wildman–Crippen LogP) is 5.65. The van der Waals surface area contributed by atoms with Crippen LogP contribution in [0.2, 0.25) is 0 Å². The topological polar surface area (TPSA) is 29.5 Å². The molecule has 0 saturated heterocycles. The lowest BCUT2D eigenvalue weighted by atomic mass is 9.77. The van der Waals surface area contributed by atoms with E-state index in [0.717, 1.165) is 43.4 Å². The summed E-state index contributed by atoms with van der Waals surface area (Å²) in [5.74, 6) is 0.497. The first-order valence-corrected chi connectivity index (χ1v) is 8.96. The lowest BCUT2D eigenvalue weighted by Crippen LogP contribution is -2.55. The molecule has 4 heteroatoms. The summed E-state index contributed by atoms with van der Waals surface area (Å²) in [6.45, 7) is 2.12. The minimum absolute atomic E-state index is 0.212. The van der Waals surface area contributed by atoms with Crippen LogP contribution in [0.3, 0.4) is 0 Å². The van der Waals surface area contributed by atoms with E-state index in [1.807, 2.05) is 23.1 Å². The highest BCUT2D eigenvalue weighted by atomic mass is 19.1. The molecule has 0 radical (unpaired) electrons. The lowest BCUT2D eigenvalue weighted by molar-refractivity contribution is 0.192. The SMILES string of the molecule is CC1CC2(CCCC2)N(C(=O)Oc2ccccc2)c2ccc(F)cc21. The minimum atomic E-state index is -0.368. The first-order valence-electron chi connectivity index (χ1n) is 8.96. The van der Waals surface area contributed by atoms with Gasteiger partial charge in [0.25, 0.3) is 0 Å². The Morgan fingerprint density at radius 1 is 1.16 bits per heavy atom. The Balaban J connectivity index is 1.76. The first kappa shape index (κ1) is 16.1. The van der Waals surface area contributed by atoms with E-state index in [-0.39, 0.29) is 23.4 Å². The molecule has 1 fully saturated rings. The van der Waals surface area contributed by atoms with Gasteiger partial charge in [0.1, 0.15) is 11.6 Å². The van der Waals surface area contributed by atoms with Gasteiger partial charge in [0.05, 0.1) is 11.2 Å². The van der Waals surface area contributed by atoms with Crippen LogP contribution in [0.5, 0.6) is 5.75 Å². The highest BCUT2D eigenvalue weighted by Gasteiger charge is 2.48. The summed E-state index contributed by atoms with van der Waals surface area (Å²) in [4.78, 5) is 14.9. The number of carbonyl (C=O) groups excluding carboxylic acids is 1. The Hall–Kier alpha value is -2.36. The number of para-hydroxylation sites is 1. The van der Waals surface area contributed by atoms with E-state index in [9.17, 15) is 9.18 Å². The predicted molar refractivity (Wildman–Crippen MR) is 95.6 cm³/mol. The third kappa shape index (κ3) is 2.80. The molecule has 1 heterocycles. The number of rotatable bonds is 1. The summed E-state index contributed by atoms with van der Waals surface area (Å²) in [6, 6.07) is 13.8. The molecule has 2 aliphatic rings. The summed E-state index contributed by atoms with van der Waals surface area (Å²) >= 11 is 0. The highest BCUT2D eigenvalue weighted by Crippen LogP contribution is 2.50. The van der Waals surface area contributed by atoms with Crippen LogP contribution in [-0.2, 0) is 0 Å². The highest BCUT2D eigenvalue weighted by molar-refractivity contribution is 5.92. The van der Waals surface area contributed by atoms with Crippen LogP contribution in [0.25, 0.3) is 0 Å². The second kappa shape index (κ2) is 6.17. The largest absolute Gasteiger partial charge is 0.420 e. The van der Waals surface area contributed by atoms with Crippen LogP contribution in [0.1, 0.15) is 50.5 Å². The molecule has 130 valence electrons. The number of amides is 1. The monoisotopic (exact) mass is 339 g/mol. The van der Waals surface area contributed by atoms with Crippen LogP contribution >= 0.6 is 0 Å². The van der Waals surface area contributed by atoms with Gasteiger partial charge in [-0.15, -0.1) is 0 Å². The van der Waals surface area contributed by atoms with Gasteiger partial charge in [-0.05, 0) is 61.1 Å². The smallest absolute Gasteiger partial charge is 0.410 e. The number of anilines is 1. The standard InChI is InChI=1S/C21H22FNO2/c1-15-14-21(11-5-6-12-21)23(19-10-9-16(22)13-18(15)19)20(24)25-17-7-3-2-4-8-17/h2-4,7-10,13,15H,5-6,11-12,14H2,1H3. The van der Waals surface area contributed by atoms with Crippen LogP contribution in [-0.4, -0.2) is 11.6 Å². The van der Waals surface area contributed by atoms with Crippen LogP contribution in [0.15, 0.2) is 48.5 Å². The van der Waals surface area contributed by atoms with Gasteiger partial charge in [-0.25, -0.2) is 9.18 Å². The zero-order valence-electron chi connectivity index (χ0n) is 14.4. The van der Waals surface area contributed by atoms with Crippen LogP contribution < -0.4 is 9.64 Å². The van der Waals surface area contributed by atoms with Crippen molar-refractivity contribution in [2.24, 2.45) is 0 Å². The van der Waals surface area contributed by atoms with E-state index < -0.39 is 0 Å². The van der Waals surface area contributed by atoms with Crippen molar-refractivity contribution in [2.75, 3.05) is 4.90 Å². The summed E-state index contributed by atoms with van der Waals surface area (Å²) in [5.41, 5.74) is 1.47. The molecule has 1 saturated carbocycles. The average Bonchev–Trinajstić information content (AvgIpc) is 3.05. The quantitative estimate of drug-likeness (QED) is 0.672. The molecule has 1 amide bonds. The van der Waals surface area contributed by atoms with Gasteiger partial charge in [-0.1, -0.05) is 38.0 Å². The molecule has 3 nitrogen and oxygen atoms in total. The molecule has 2 aromatic carbocycles. The molecule has 0 bridgehead atoms. The number of hydrogen-bond donors (Lipinski definition) is 0. The van der Waals surface area contributed by atoms with Gasteiger partial charge < -0.3 is 4.74 Å². The van der Waals surface area contributed by atoms with Gasteiger partial charge in [-0.2, -0.15) is 0 Å². The van der Waals surface area contributed by atoms with E-state index in [2.05, 4.69) is 6.92 Å². The number of hydrogen-bond acceptors (Lipinski definition) is 2. The van der Waals surface area contributed by atoms with E-state index in [4.69, 9.17) is 4.74 Å². The van der Waals surface area contributed by atoms with Gasteiger partial charge in [0.15, 0.2) is 0 Å². The van der Waals surface area contributed by atoms with E-state index >= 15 is 0 Å². The number of nitrogens with zero attached hydrogens (tertiary/aromatic N) is 1. The van der Waals surface area contributed by atoms with E-state index in [0.29, 0.717) is 5.75 Å². The molecule has 1 spiro atoms. The van der Waals surface area contributed by atoms with Crippen molar-refractivity contribution >= 4 is 11.8 Å². The van der Waals surface area contributed by atoms with Crippen LogP contribution in [0.4, 0.5) is 14.9 Å². The second-order valence-corrected chi connectivity index (χ2v) is 7.26. The Labute approximate surface area is 147 Å². The minimum Gasteiger partial charge on any atom is -0.410 e. The lowest BCUT2D eigenvalue weighted by Gasteiger charge is -2.47. The molecule has 4 rings (SSSR count). The molecule has 1 atom stereocenters. The number of ether oxygens (including phenoxy) is 1. The summed E-state index contributed by atoms with van der Waals surface area (Å²) in [5, 5.41) is 0. The number of halogens is 1. The molecule has 2 aromatic rings. The summed E-state index contributed by atoms with van der Waals surface area (Å²) < 4.78 is 19.4. The zero-order valence-corrected chi connectivity index (χ0v) is 14.4. The summed E-state index contributed by atoms with van der Waals surface area (Å²) in [6.07, 6.45) is 4.65. The third-order valence-corrected chi connectivity index (χ3v) is 5.59. The second-order valence-electron chi connectivity index (χ2n) is 7.26. The van der Waals surface area contributed by atoms with Crippen molar-refractivity contribution in [3.63, 3.8) is 0 Å². The molecular weight excluding hydrogens is 317 g/mol. The maximum Gasteiger partial charge on any atom is 0.420 e. The molecule has 1 unspecified atom stereocenters. The van der Waals surface area contributed by atoms with Gasteiger partial charge in [0, 0.05) is 0 Å². The Kier molecular flexibility index (Phi) is 3.98. The fraction of sp³-hybridized carbons (Fsp3) is 0.381. The van der Waals surface area contributed by atoms with Gasteiger partial charge >= 0.3 is 6.09 Å². The zero-order chi connectivity index (χ0) is 17.4. The van der Waals surface area contributed by atoms with Crippen molar-refractivity contribution in [3.05, 3.63) is 59.9 Å². The van der Waals surface area contributed by atoms with Crippen molar-refractivity contribution in [2.45, 2.75) is 50.5 Å². The molecular formula is C21H22FNO2. The average molecular weight is 339 g/mol. The normalized spacial score (nSPS) is 21.2. The van der Waals surface area contributed by atoms with Crippen molar-refractivity contribution in [3.8, 4) is 5.75 Å². The fourth-order valence-corrected chi connectivity index (χ4v) is 4.54. The maximum absolute atomic E-state index is 13.8. The Bertz CT molecular complexity index is 784. The number of fused-ring (bicyclic) bond motifs is 1. The first-order chi connectivity index (χ1) is 12.1. The van der Waals surface area contributed by atoms with E-state index in [1.54, 1.807) is 24.3 Å². The maximum atomic E-state index is 13.8. The molecule has 1 aliphatic carbocycles. The number of benzene rings is 2. The molecule has 0 N–H and O–H groups in total. The van der Waals surface area contributed by atoms with Gasteiger partial charge in [0.2, 0.25) is 0 Å². The fourth-order valence-electron chi connectivity index (χ4n) is 4.54. The van der Waals surface area contributed by atoms with Crippen molar-refractivity contribution in [1.29, 1.82) is 0 Å². The van der Waals surface area contributed by atoms with Gasteiger partial charge in [-0.3, -0.25) is 4.90 Å². The van der Waals surface area contributed by atoms with Crippen molar-refractivity contribution < 1.29 is 13.9 Å². The molecule has 0 aromatic heterocycles.